The number of aliphatic hydroxyl groups excluding tert-OH is 1. The maximum absolute atomic E-state index is 9.88. The monoisotopic (exact) mass is 309 g/mol. The number of furan rings is 1. The quantitative estimate of drug-likeness (QED) is 0.786. The first-order chi connectivity index (χ1) is 10.1. The third-order valence-corrected chi connectivity index (χ3v) is 3.39. The van der Waals surface area contributed by atoms with Crippen LogP contribution in [0.5, 0.6) is 0 Å². The number of halogens is 1. The summed E-state index contributed by atoms with van der Waals surface area (Å²) in [6.45, 7) is 3.27. The Morgan fingerprint density at radius 3 is 2.71 bits per heavy atom. The van der Waals surface area contributed by atoms with Gasteiger partial charge >= 0.3 is 0 Å². The molecule has 2 N–H and O–H groups in total. The molecule has 0 fully saturated rings. The zero-order valence-corrected chi connectivity index (χ0v) is 12.7. The molecule has 0 saturated heterocycles. The molecule has 0 aliphatic heterocycles. The van der Waals surface area contributed by atoms with Crippen molar-refractivity contribution < 1.29 is 14.3 Å². The van der Waals surface area contributed by atoms with E-state index in [2.05, 4.69) is 5.32 Å². The molecule has 0 spiro atoms. The molecule has 4 nitrogen and oxygen atoms in total. The highest BCUT2D eigenvalue weighted by molar-refractivity contribution is 6.30. The molecule has 1 heterocycles. The Kier molecular flexibility index (Phi) is 6.26. The summed E-state index contributed by atoms with van der Waals surface area (Å²) in [4.78, 5) is 0. The summed E-state index contributed by atoms with van der Waals surface area (Å²) in [5.41, 5.74) is 1.04. The Labute approximate surface area is 129 Å². The number of benzene rings is 1. The summed E-state index contributed by atoms with van der Waals surface area (Å²) in [7, 11) is 0. The zero-order chi connectivity index (χ0) is 15.1. The largest absolute Gasteiger partial charge is 0.468 e. The van der Waals surface area contributed by atoms with E-state index in [4.69, 9.17) is 20.8 Å². The molecule has 0 radical (unpaired) electrons. The summed E-state index contributed by atoms with van der Waals surface area (Å²) < 4.78 is 10.9. The van der Waals surface area contributed by atoms with Gasteiger partial charge in [0.05, 0.1) is 31.6 Å². The van der Waals surface area contributed by atoms with Gasteiger partial charge in [0.25, 0.3) is 0 Å². The van der Waals surface area contributed by atoms with E-state index in [0.717, 1.165) is 11.3 Å². The normalized spacial score (nSPS) is 14.0. The van der Waals surface area contributed by atoms with Gasteiger partial charge in [0.2, 0.25) is 0 Å². The van der Waals surface area contributed by atoms with Gasteiger partial charge in [-0.15, -0.1) is 0 Å². The van der Waals surface area contributed by atoms with Crippen LogP contribution >= 0.6 is 11.6 Å². The standard InChI is InChI=1S/C16H20ClNO3/c1-12(13-4-6-14(17)7-5-13)21-11-15(19)9-18-10-16-3-2-8-20-16/h2-8,12,15,18-19H,9-11H2,1H3/t12-,15-/m1/s1. The van der Waals surface area contributed by atoms with Crippen molar-refractivity contribution in [3.05, 3.63) is 59.0 Å². The first-order valence-corrected chi connectivity index (χ1v) is 7.31. The fourth-order valence-corrected chi connectivity index (χ4v) is 2.05. The smallest absolute Gasteiger partial charge is 0.117 e. The first kappa shape index (κ1) is 16.0. The van der Waals surface area contributed by atoms with Gasteiger partial charge in [-0.2, -0.15) is 0 Å². The molecule has 0 saturated carbocycles. The average molecular weight is 310 g/mol. The van der Waals surface area contributed by atoms with Gasteiger partial charge in [-0.25, -0.2) is 0 Å². The molecule has 0 bridgehead atoms. The summed E-state index contributed by atoms with van der Waals surface area (Å²) in [6.07, 6.45) is 0.987. The number of rotatable bonds is 8. The van der Waals surface area contributed by atoms with Crippen LogP contribution in [0.15, 0.2) is 47.1 Å². The second kappa shape index (κ2) is 8.20. The molecule has 0 unspecified atom stereocenters. The molecule has 1 aromatic carbocycles. The number of hydrogen-bond acceptors (Lipinski definition) is 4. The van der Waals surface area contributed by atoms with Crippen molar-refractivity contribution in [2.24, 2.45) is 0 Å². The maximum Gasteiger partial charge on any atom is 0.117 e. The third-order valence-electron chi connectivity index (χ3n) is 3.14. The second-order valence-corrected chi connectivity index (χ2v) is 5.33. The lowest BCUT2D eigenvalue weighted by Crippen LogP contribution is -2.30. The minimum absolute atomic E-state index is 0.0815. The Bertz CT molecular complexity index is 513. The van der Waals surface area contributed by atoms with Crippen molar-refractivity contribution in [2.75, 3.05) is 13.2 Å². The van der Waals surface area contributed by atoms with Crippen molar-refractivity contribution in [1.29, 1.82) is 0 Å². The van der Waals surface area contributed by atoms with E-state index in [0.29, 0.717) is 18.1 Å². The summed E-state index contributed by atoms with van der Waals surface area (Å²) >= 11 is 5.85. The van der Waals surface area contributed by atoms with Crippen molar-refractivity contribution in [2.45, 2.75) is 25.7 Å². The highest BCUT2D eigenvalue weighted by Gasteiger charge is 2.10. The van der Waals surface area contributed by atoms with Crippen LogP contribution in [0, 0.1) is 0 Å². The minimum Gasteiger partial charge on any atom is -0.468 e. The van der Waals surface area contributed by atoms with E-state index in [1.165, 1.54) is 0 Å². The number of aliphatic hydroxyl groups is 1. The van der Waals surface area contributed by atoms with Crippen LogP contribution < -0.4 is 5.32 Å². The number of nitrogens with one attached hydrogen (secondary N) is 1. The van der Waals surface area contributed by atoms with E-state index in [1.807, 2.05) is 43.3 Å². The van der Waals surface area contributed by atoms with Crippen LogP contribution in [-0.2, 0) is 11.3 Å². The highest BCUT2D eigenvalue weighted by atomic mass is 35.5. The molecular formula is C16H20ClNO3. The van der Waals surface area contributed by atoms with Crippen LogP contribution in [0.1, 0.15) is 24.4 Å². The van der Waals surface area contributed by atoms with E-state index in [-0.39, 0.29) is 12.7 Å². The van der Waals surface area contributed by atoms with E-state index < -0.39 is 6.10 Å². The Balaban J connectivity index is 1.66. The SMILES string of the molecule is C[C@@H](OC[C@H](O)CNCc1ccco1)c1ccc(Cl)cc1. The fourth-order valence-electron chi connectivity index (χ4n) is 1.92. The summed E-state index contributed by atoms with van der Waals surface area (Å²) in [6, 6.07) is 11.2. The van der Waals surface area contributed by atoms with Gasteiger partial charge in [-0.3, -0.25) is 0 Å². The minimum atomic E-state index is -0.560. The van der Waals surface area contributed by atoms with Crippen molar-refractivity contribution >= 4 is 11.6 Å². The van der Waals surface area contributed by atoms with Gasteiger partial charge < -0.3 is 19.6 Å². The lowest BCUT2D eigenvalue weighted by Gasteiger charge is -2.17. The molecular weight excluding hydrogens is 290 g/mol. The van der Waals surface area contributed by atoms with Crippen LogP contribution in [0.4, 0.5) is 0 Å². The van der Waals surface area contributed by atoms with Crippen molar-refractivity contribution in [3.8, 4) is 0 Å². The molecule has 2 aromatic rings. The topological polar surface area (TPSA) is 54.6 Å². The Morgan fingerprint density at radius 1 is 1.29 bits per heavy atom. The maximum atomic E-state index is 9.88. The van der Waals surface area contributed by atoms with Crippen LogP contribution in [0.3, 0.4) is 0 Å². The van der Waals surface area contributed by atoms with Gasteiger partial charge in [0, 0.05) is 11.6 Å². The fraction of sp³-hybridized carbons (Fsp3) is 0.375. The Hall–Kier alpha value is -1.33. The van der Waals surface area contributed by atoms with Crippen LogP contribution in [0.2, 0.25) is 5.02 Å². The molecule has 5 heteroatoms. The van der Waals surface area contributed by atoms with Crippen LogP contribution in [0.25, 0.3) is 0 Å². The molecule has 0 amide bonds. The molecule has 0 aliphatic rings. The zero-order valence-electron chi connectivity index (χ0n) is 12.0. The van der Waals surface area contributed by atoms with E-state index >= 15 is 0 Å². The highest BCUT2D eigenvalue weighted by Crippen LogP contribution is 2.19. The first-order valence-electron chi connectivity index (χ1n) is 6.93. The molecule has 0 aliphatic carbocycles. The van der Waals surface area contributed by atoms with Crippen LogP contribution in [-0.4, -0.2) is 24.4 Å². The van der Waals surface area contributed by atoms with Crippen molar-refractivity contribution in [3.63, 3.8) is 0 Å². The lowest BCUT2D eigenvalue weighted by atomic mass is 10.1. The molecule has 2 atom stereocenters. The molecule has 21 heavy (non-hydrogen) atoms. The van der Waals surface area contributed by atoms with E-state index in [9.17, 15) is 5.11 Å². The number of hydrogen-bond donors (Lipinski definition) is 2. The molecule has 2 rings (SSSR count). The molecule has 114 valence electrons. The van der Waals surface area contributed by atoms with Crippen molar-refractivity contribution in [1.82, 2.24) is 5.32 Å². The lowest BCUT2D eigenvalue weighted by molar-refractivity contribution is -0.00223. The second-order valence-electron chi connectivity index (χ2n) is 4.89. The van der Waals surface area contributed by atoms with E-state index in [1.54, 1.807) is 6.26 Å². The average Bonchev–Trinajstić information content (AvgIpc) is 2.99. The molecule has 1 aromatic heterocycles. The number of ether oxygens (including phenoxy) is 1. The summed E-state index contributed by atoms with van der Waals surface area (Å²) in [5, 5.41) is 13.7. The van der Waals surface area contributed by atoms with Gasteiger partial charge in [0.1, 0.15) is 5.76 Å². The Morgan fingerprint density at radius 2 is 2.05 bits per heavy atom. The van der Waals surface area contributed by atoms with Gasteiger partial charge in [0.15, 0.2) is 0 Å². The third kappa shape index (κ3) is 5.52. The predicted octanol–water partition coefficient (Wildman–Crippen LogP) is 3.16. The summed E-state index contributed by atoms with van der Waals surface area (Å²) in [5.74, 6) is 0.845. The van der Waals surface area contributed by atoms with Gasteiger partial charge in [-0.05, 0) is 36.8 Å². The van der Waals surface area contributed by atoms with Gasteiger partial charge in [-0.1, -0.05) is 23.7 Å². The predicted molar refractivity (Wildman–Crippen MR) is 82.2 cm³/mol.